The normalized spacial score (nSPS) is 11.2. The topological polar surface area (TPSA) is 103 Å². The summed E-state index contributed by atoms with van der Waals surface area (Å²) in [6, 6.07) is 11.4. The van der Waals surface area contributed by atoms with E-state index >= 15 is 0 Å². The first-order chi connectivity index (χ1) is 15.0. The molecule has 1 amide bonds. The summed E-state index contributed by atoms with van der Waals surface area (Å²) in [4.78, 5) is 21.7. The second-order valence-corrected chi connectivity index (χ2v) is 7.25. The Labute approximate surface area is 177 Å². The average Bonchev–Trinajstić information content (AvgIpc) is 3.48. The van der Waals surface area contributed by atoms with E-state index in [0.717, 1.165) is 22.4 Å². The molecular formula is C22H19N7O2. The van der Waals surface area contributed by atoms with Crippen LogP contribution >= 0.6 is 0 Å². The zero-order chi connectivity index (χ0) is 21.5. The standard InChI is InChI=1S/C22H19N7O2/c1-13-4-5-15(21-25-14(2)31-27-21)10-17(13)26-22(30)19-11-23-20-7-6-16(12-29(19)20)18-8-9-24-28(18)3/h4-12H,1-3H3,(H,26,30). The van der Waals surface area contributed by atoms with Crippen molar-refractivity contribution in [3.63, 3.8) is 0 Å². The molecule has 1 aromatic carbocycles. The third-order valence-corrected chi connectivity index (χ3v) is 5.13. The zero-order valence-electron chi connectivity index (χ0n) is 17.2. The smallest absolute Gasteiger partial charge is 0.274 e. The van der Waals surface area contributed by atoms with E-state index in [1.54, 1.807) is 28.4 Å². The number of carbonyl (C=O) groups excluding carboxylic acids is 1. The molecule has 9 heteroatoms. The van der Waals surface area contributed by atoms with Crippen molar-refractivity contribution in [3.8, 4) is 22.6 Å². The summed E-state index contributed by atoms with van der Waals surface area (Å²) < 4.78 is 8.62. The van der Waals surface area contributed by atoms with Crippen LogP contribution in [-0.4, -0.2) is 35.2 Å². The third-order valence-electron chi connectivity index (χ3n) is 5.13. The van der Waals surface area contributed by atoms with Gasteiger partial charge < -0.3 is 9.84 Å². The number of nitrogens with one attached hydrogen (secondary N) is 1. The van der Waals surface area contributed by atoms with Crippen LogP contribution in [0.2, 0.25) is 0 Å². The summed E-state index contributed by atoms with van der Waals surface area (Å²) in [6.07, 6.45) is 5.20. The molecule has 1 N–H and O–H groups in total. The summed E-state index contributed by atoms with van der Waals surface area (Å²) in [7, 11) is 1.88. The Morgan fingerprint density at radius 3 is 2.68 bits per heavy atom. The Morgan fingerprint density at radius 2 is 1.94 bits per heavy atom. The Hall–Kier alpha value is -4.27. The average molecular weight is 413 g/mol. The van der Waals surface area contributed by atoms with Crippen molar-refractivity contribution in [2.75, 3.05) is 5.32 Å². The van der Waals surface area contributed by atoms with Gasteiger partial charge in [0.05, 0.1) is 11.9 Å². The number of fused-ring (bicyclic) bond motifs is 1. The first-order valence-electron chi connectivity index (χ1n) is 9.68. The minimum absolute atomic E-state index is 0.265. The van der Waals surface area contributed by atoms with Crippen molar-refractivity contribution in [2.45, 2.75) is 13.8 Å². The van der Waals surface area contributed by atoms with E-state index in [2.05, 4.69) is 25.5 Å². The molecule has 0 aliphatic heterocycles. The van der Waals surface area contributed by atoms with E-state index in [1.807, 2.05) is 56.6 Å². The van der Waals surface area contributed by atoms with Gasteiger partial charge in [-0.05, 0) is 36.8 Å². The maximum absolute atomic E-state index is 13.1. The molecule has 9 nitrogen and oxygen atoms in total. The molecule has 5 aromatic rings. The summed E-state index contributed by atoms with van der Waals surface area (Å²) in [5.74, 6) is 0.693. The SMILES string of the molecule is Cc1nc(-c2ccc(C)c(NC(=O)c3cnc4ccc(-c5ccnn5C)cn34)c2)no1. The predicted molar refractivity (Wildman–Crippen MR) is 115 cm³/mol. The molecule has 0 atom stereocenters. The molecule has 5 rings (SSSR count). The first kappa shape index (κ1) is 18.7. The van der Waals surface area contributed by atoms with Crippen molar-refractivity contribution >= 4 is 17.2 Å². The molecule has 31 heavy (non-hydrogen) atoms. The van der Waals surface area contributed by atoms with Crippen LogP contribution in [0.15, 0.2) is 59.5 Å². The van der Waals surface area contributed by atoms with E-state index in [9.17, 15) is 4.79 Å². The van der Waals surface area contributed by atoms with Crippen LogP contribution in [0.4, 0.5) is 5.69 Å². The Bertz CT molecular complexity index is 1430. The monoisotopic (exact) mass is 413 g/mol. The van der Waals surface area contributed by atoms with E-state index in [1.165, 1.54) is 0 Å². The molecule has 0 bridgehead atoms. The van der Waals surface area contributed by atoms with Crippen molar-refractivity contribution in [1.29, 1.82) is 0 Å². The van der Waals surface area contributed by atoms with E-state index in [4.69, 9.17) is 4.52 Å². The molecule has 0 aliphatic rings. The lowest BCUT2D eigenvalue weighted by atomic mass is 10.1. The quantitative estimate of drug-likeness (QED) is 0.482. The lowest BCUT2D eigenvalue weighted by molar-refractivity contribution is 0.102. The predicted octanol–water partition coefficient (Wildman–Crippen LogP) is 3.65. The fourth-order valence-corrected chi connectivity index (χ4v) is 3.46. The highest BCUT2D eigenvalue weighted by Crippen LogP contribution is 2.25. The van der Waals surface area contributed by atoms with Crippen LogP contribution in [0.5, 0.6) is 0 Å². The van der Waals surface area contributed by atoms with Crippen LogP contribution in [0, 0.1) is 13.8 Å². The minimum Gasteiger partial charge on any atom is -0.339 e. The van der Waals surface area contributed by atoms with Gasteiger partial charge in [-0.1, -0.05) is 17.3 Å². The Morgan fingerprint density at radius 1 is 1.10 bits per heavy atom. The molecule has 154 valence electrons. The summed E-state index contributed by atoms with van der Waals surface area (Å²) in [5.41, 5.74) is 5.34. The number of imidazole rings is 1. The fraction of sp³-hybridized carbons (Fsp3) is 0.136. The molecule has 4 aromatic heterocycles. The van der Waals surface area contributed by atoms with Crippen LogP contribution in [0.1, 0.15) is 21.9 Å². The van der Waals surface area contributed by atoms with Crippen LogP contribution in [0.25, 0.3) is 28.3 Å². The summed E-state index contributed by atoms with van der Waals surface area (Å²) in [6.45, 7) is 3.66. The van der Waals surface area contributed by atoms with Crippen LogP contribution in [-0.2, 0) is 7.05 Å². The maximum atomic E-state index is 13.1. The van der Waals surface area contributed by atoms with Gasteiger partial charge in [-0.3, -0.25) is 13.9 Å². The number of amides is 1. The zero-order valence-corrected chi connectivity index (χ0v) is 17.2. The number of pyridine rings is 1. The van der Waals surface area contributed by atoms with Crippen molar-refractivity contribution in [2.24, 2.45) is 7.05 Å². The number of carbonyl (C=O) groups is 1. The fourth-order valence-electron chi connectivity index (χ4n) is 3.46. The highest BCUT2D eigenvalue weighted by Gasteiger charge is 2.16. The molecular weight excluding hydrogens is 394 g/mol. The van der Waals surface area contributed by atoms with E-state index in [0.29, 0.717) is 28.7 Å². The lowest BCUT2D eigenvalue weighted by Gasteiger charge is -2.10. The minimum atomic E-state index is -0.265. The largest absolute Gasteiger partial charge is 0.339 e. The van der Waals surface area contributed by atoms with E-state index < -0.39 is 0 Å². The van der Waals surface area contributed by atoms with Gasteiger partial charge in [0.15, 0.2) is 0 Å². The van der Waals surface area contributed by atoms with E-state index in [-0.39, 0.29) is 5.91 Å². The molecule has 0 spiro atoms. The van der Waals surface area contributed by atoms with Gasteiger partial charge in [0.2, 0.25) is 11.7 Å². The Kier molecular flexibility index (Phi) is 4.36. The van der Waals surface area contributed by atoms with Crippen LogP contribution in [0.3, 0.4) is 0 Å². The third kappa shape index (κ3) is 3.35. The molecule has 0 aliphatic carbocycles. The molecule has 0 saturated carbocycles. The second-order valence-electron chi connectivity index (χ2n) is 7.25. The van der Waals surface area contributed by atoms with Gasteiger partial charge in [-0.25, -0.2) is 4.98 Å². The van der Waals surface area contributed by atoms with Crippen molar-refractivity contribution < 1.29 is 9.32 Å². The number of hydrogen-bond acceptors (Lipinski definition) is 6. The molecule has 0 radical (unpaired) electrons. The Balaban J connectivity index is 1.49. The summed E-state index contributed by atoms with van der Waals surface area (Å²) >= 11 is 0. The number of nitrogens with zero attached hydrogens (tertiary/aromatic N) is 6. The van der Waals surface area contributed by atoms with Gasteiger partial charge >= 0.3 is 0 Å². The number of aromatic nitrogens is 6. The van der Waals surface area contributed by atoms with Gasteiger partial charge in [-0.15, -0.1) is 0 Å². The van der Waals surface area contributed by atoms with Gasteiger partial charge in [0.25, 0.3) is 5.91 Å². The highest BCUT2D eigenvalue weighted by atomic mass is 16.5. The summed E-state index contributed by atoms with van der Waals surface area (Å²) in [5, 5.41) is 11.1. The number of hydrogen-bond donors (Lipinski definition) is 1. The molecule has 0 fully saturated rings. The number of rotatable bonds is 4. The van der Waals surface area contributed by atoms with Gasteiger partial charge in [-0.2, -0.15) is 10.1 Å². The lowest BCUT2D eigenvalue weighted by Crippen LogP contribution is -2.15. The number of anilines is 1. The maximum Gasteiger partial charge on any atom is 0.274 e. The molecule has 4 heterocycles. The van der Waals surface area contributed by atoms with Crippen LogP contribution < -0.4 is 5.32 Å². The van der Waals surface area contributed by atoms with Gasteiger partial charge in [0.1, 0.15) is 11.3 Å². The van der Waals surface area contributed by atoms with Crippen molar-refractivity contribution in [1.82, 2.24) is 29.3 Å². The molecule has 0 saturated heterocycles. The molecule has 0 unspecified atom stereocenters. The second kappa shape index (κ2) is 7.21. The number of aryl methyl sites for hydroxylation is 3. The van der Waals surface area contributed by atoms with Crippen molar-refractivity contribution in [3.05, 3.63) is 72.1 Å². The first-order valence-corrected chi connectivity index (χ1v) is 9.68. The number of benzene rings is 1. The van der Waals surface area contributed by atoms with Gasteiger partial charge in [0, 0.05) is 43.2 Å². The highest BCUT2D eigenvalue weighted by molar-refractivity contribution is 6.04.